The van der Waals surface area contributed by atoms with Crippen LogP contribution in [0.5, 0.6) is 0 Å². The Labute approximate surface area is 119 Å². The second-order valence-electron chi connectivity index (χ2n) is 5.07. The third-order valence-electron chi connectivity index (χ3n) is 3.66. The van der Waals surface area contributed by atoms with Crippen molar-refractivity contribution >= 4 is 11.6 Å². The SMILES string of the molecule is CCNC(Cc1ccc(F)cc1Cl)C1=CCCCC1. The van der Waals surface area contributed by atoms with Crippen LogP contribution in [-0.2, 0) is 6.42 Å². The lowest BCUT2D eigenvalue weighted by atomic mass is 9.90. The van der Waals surface area contributed by atoms with Gasteiger partial charge in [0.05, 0.1) is 0 Å². The van der Waals surface area contributed by atoms with Gasteiger partial charge in [-0.05, 0) is 56.3 Å². The Morgan fingerprint density at radius 2 is 2.21 bits per heavy atom. The first-order chi connectivity index (χ1) is 9.20. The molecule has 0 radical (unpaired) electrons. The molecule has 0 saturated carbocycles. The van der Waals surface area contributed by atoms with E-state index in [1.165, 1.54) is 37.0 Å². The molecule has 1 N–H and O–H groups in total. The summed E-state index contributed by atoms with van der Waals surface area (Å²) in [5, 5.41) is 4.05. The summed E-state index contributed by atoms with van der Waals surface area (Å²) < 4.78 is 13.1. The smallest absolute Gasteiger partial charge is 0.124 e. The van der Waals surface area contributed by atoms with Crippen LogP contribution in [0.2, 0.25) is 5.02 Å². The Balaban J connectivity index is 2.13. The topological polar surface area (TPSA) is 12.0 Å². The van der Waals surface area contributed by atoms with Crippen molar-refractivity contribution < 1.29 is 4.39 Å². The van der Waals surface area contributed by atoms with Gasteiger partial charge in [-0.1, -0.05) is 36.2 Å². The fraction of sp³-hybridized carbons (Fsp3) is 0.500. The van der Waals surface area contributed by atoms with Crippen LogP contribution in [0.25, 0.3) is 0 Å². The van der Waals surface area contributed by atoms with Crippen molar-refractivity contribution in [3.63, 3.8) is 0 Å². The van der Waals surface area contributed by atoms with Gasteiger partial charge in [-0.2, -0.15) is 0 Å². The van der Waals surface area contributed by atoms with Crippen molar-refractivity contribution in [3.8, 4) is 0 Å². The van der Waals surface area contributed by atoms with Crippen molar-refractivity contribution in [2.24, 2.45) is 0 Å². The lowest BCUT2D eigenvalue weighted by Gasteiger charge is -2.24. The van der Waals surface area contributed by atoms with Crippen molar-refractivity contribution in [1.29, 1.82) is 0 Å². The molecular weight excluding hydrogens is 261 g/mol. The molecule has 1 aliphatic rings. The van der Waals surface area contributed by atoms with E-state index in [0.29, 0.717) is 11.1 Å². The molecule has 0 spiro atoms. The molecule has 3 heteroatoms. The van der Waals surface area contributed by atoms with Crippen LogP contribution in [0.15, 0.2) is 29.8 Å². The molecule has 19 heavy (non-hydrogen) atoms. The van der Waals surface area contributed by atoms with Gasteiger partial charge in [0.15, 0.2) is 0 Å². The van der Waals surface area contributed by atoms with Gasteiger partial charge in [-0.25, -0.2) is 4.39 Å². The van der Waals surface area contributed by atoms with Gasteiger partial charge in [-0.15, -0.1) is 0 Å². The number of benzene rings is 1. The molecule has 2 rings (SSSR count). The van der Waals surface area contributed by atoms with Gasteiger partial charge < -0.3 is 5.32 Å². The third-order valence-corrected chi connectivity index (χ3v) is 4.02. The van der Waals surface area contributed by atoms with Crippen molar-refractivity contribution in [3.05, 3.63) is 46.3 Å². The first kappa shape index (κ1) is 14.5. The molecule has 0 heterocycles. The van der Waals surface area contributed by atoms with E-state index in [1.807, 2.05) is 0 Å². The summed E-state index contributed by atoms with van der Waals surface area (Å²) in [5.41, 5.74) is 2.49. The number of halogens is 2. The van der Waals surface area contributed by atoms with E-state index in [9.17, 15) is 4.39 Å². The molecule has 0 aliphatic heterocycles. The molecule has 1 nitrogen and oxygen atoms in total. The third kappa shape index (κ3) is 4.05. The number of hydrogen-bond donors (Lipinski definition) is 1. The maximum absolute atomic E-state index is 13.1. The maximum Gasteiger partial charge on any atom is 0.124 e. The van der Waals surface area contributed by atoms with Crippen LogP contribution in [0.4, 0.5) is 4.39 Å². The van der Waals surface area contributed by atoms with Crippen LogP contribution in [0.3, 0.4) is 0 Å². The van der Waals surface area contributed by atoms with Gasteiger partial charge in [0, 0.05) is 11.1 Å². The van der Waals surface area contributed by atoms with E-state index < -0.39 is 0 Å². The second kappa shape index (κ2) is 7.06. The molecule has 1 unspecified atom stereocenters. The zero-order chi connectivity index (χ0) is 13.7. The predicted molar refractivity (Wildman–Crippen MR) is 79.1 cm³/mol. The van der Waals surface area contributed by atoms with E-state index >= 15 is 0 Å². The molecule has 1 aromatic carbocycles. The highest BCUT2D eigenvalue weighted by atomic mass is 35.5. The molecule has 0 fully saturated rings. The van der Waals surface area contributed by atoms with Crippen molar-refractivity contribution in [1.82, 2.24) is 5.32 Å². The molecule has 1 aromatic rings. The Kier molecular flexibility index (Phi) is 5.41. The number of allylic oxidation sites excluding steroid dienone is 1. The van der Waals surface area contributed by atoms with Crippen LogP contribution in [0.1, 0.15) is 38.2 Å². The minimum atomic E-state index is -0.273. The largest absolute Gasteiger partial charge is 0.310 e. The fourth-order valence-electron chi connectivity index (χ4n) is 2.67. The van der Waals surface area contributed by atoms with Gasteiger partial charge >= 0.3 is 0 Å². The quantitative estimate of drug-likeness (QED) is 0.784. The molecule has 1 atom stereocenters. The van der Waals surface area contributed by atoms with Crippen LogP contribution < -0.4 is 5.32 Å². The van der Waals surface area contributed by atoms with Gasteiger partial charge in [0.2, 0.25) is 0 Å². The normalized spacial score (nSPS) is 17.1. The summed E-state index contributed by atoms with van der Waals surface area (Å²) in [6.07, 6.45) is 8.09. The standard InChI is InChI=1S/C16H21ClFN/c1-2-19-16(12-6-4-3-5-7-12)10-13-8-9-14(18)11-15(13)17/h6,8-9,11,16,19H,2-5,7,10H2,1H3. The van der Waals surface area contributed by atoms with E-state index in [0.717, 1.165) is 24.9 Å². The molecular formula is C16H21ClFN. The fourth-order valence-corrected chi connectivity index (χ4v) is 2.91. The average molecular weight is 282 g/mol. The minimum absolute atomic E-state index is 0.273. The predicted octanol–water partition coefficient (Wildman–Crippen LogP) is 4.50. The average Bonchev–Trinajstić information content (AvgIpc) is 2.42. The summed E-state index contributed by atoms with van der Waals surface area (Å²) in [7, 11) is 0. The maximum atomic E-state index is 13.1. The first-order valence-electron chi connectivity index (χ1n) is 7.07. The summed E-state index contributed by atoms with van der Waals surface area (Å²) in [6, 6.07) is 5.01. The van der Waals surface area contributed by atoms with E-state index in [4.69, 9.17) is 11.6 Å². The highest BCUT2D eigenvalue weighted by molar-refractivity contribution is 6.31. The zero-order valence-electron chi connectivity index (χ0n) is 11.4. The first-order valence-corrected chi connectivity index (χ1v) is 7.44. The van der Waals surface area contributed by atoms with Gasteiger partial charge in [-0.3, -0.25) is 0 Å². The Morgan fingerprint density at radius 1 is 1.37 bits per heavy atom. The van der Waals surface area contributed by atoms with Gasteiger partial charge in [0.25, 0.3) is 0 Å². The summed E-state index contributed by atoms with van der Waals surface area (Å²) >= 11 is 6.13. The van der Waals surface area contributed by atoms with Crippen LogP contribution in [0, 0.1) is 5.82 Å². The number of hydrogen-bond acceptors (Lipinski definition) is 1. The Bertz CT molecular complexity index is 456. The number of likely N-dealkylation sites (N-methyl/N-ethyl adjacent to an activating group) is 1. The van der Waals surface area contributed by atoms with Gasteiger partial charge in [0.1, 0.15) is 5.82 Å². The number of rotatable bonds is 5. The zero-order valence-corrected chi connectivity index (χ0v) is 12.1. The Morgan fingerprint density at radius 3 is 2.84 bits per heavy atom. The Hall–Kier alpha value is -0.860. The monoisotopic (exact) mass is 281 g/mol. The van der Waals surface area contributed by atoms with E-state index in [-0.39, 0.29) is 5.82 Å². The molecule has 0 amide bonds. The highest BCUT2D eigenvalue weighted by Gasteiger charge is 2.17. The number of nitrogens with one attached hydrogen (secondary N) is 1. The van der Waals surface area contributed by atoms with Crippen molar-refractivity contribution in [2.45, 2.75) is 45.1 Å². The van der Waals surface area contributed by atoms with E-state index in [2.05, 4.69) is 18.3 Å². The lowest BCUT2D eigenvalue weighted by Crippen LogP contribution is -2.33. The molecule has 0 bridgehead atoms. The summed E-state index contributed by atoms with van der Waals surface area (Å²) in [4.78, 5) is 0. The molecule has 1 aliphatic carbocycles. The highest BCUT2D eigenvalue weighted by Crippen LogP contribution is 2.25. The minimum Gasteiger partial charge on any atom is -0.310 e. The molecule has 104 valence electrons. The lowest BCUT2D eigenvalue weighted by molar-refractivity contribution is 0.540. The summed E-state index contributed by atoms with van der Waals surface area (Å²) in [6.45, 7) is 3.05. The van der Waals surface area contributed by atoms with Crippen molar-refractivity contribution in [2.75, 3.05) is 6.54 Å². The van der Waals surface area contributed by atoms with E-state index in [1.54, 1.807) is 6.07 Å². The van der Waals surface area contributed by atoms with Crippen LogP contribution in [-0.4, -0.2) is 12.6 Å². The summed E-state index contributed by atoms with van der Waals surface area (Å²) in [5.74, 6) is -0.273. The second-order valence-corrected chi connectivity index (χ2v) is 5.48. The molecule has 0 saturated heterocycles. The molecule has 0 aromatic heterocycles. The van der Waals surface area contributed by atoms with Crippen LogP contribution >= 0.6 is 11.6 Å².